The van der Waals surface area contributed by atoms with Crippen LogP contribution in [0.25, 0.3) is 0 Å². The summed E-state index contributed by atoms with van der Waals surface area (Å²) in [5, 5.41) is 10.3. The van der Waals surface area contributed by atoms with Gasteiger partial charge in [-0.1, -0.05) is 30.1 Å². The molecule has 1 nitrogen and oxygen atoms in total. The zero-order valence-corrected chi connectivity index (χ0v) is 8.10. The van der Waals surface area contributed by atoms with E-state index in [-0.39, 0.29) is 6.10 Å². The molecule has 0 bridgehead atoms. The highest BCUT2D eigenvalue weighted by Gasteiger charge is 2.06. The number of hydrogen-bond donors (Lipinski definition) is 1. The van der Waals surface area contributed by atoms with Gasteiger partial charge in [0.25, 0.3) is 0 Å². The molecule has 0 heterocycles. The van der Waals surface area contributed by atoms with Crippen LogP contribution >= 0.6 is 11.6 Å². The van der Waals surface area contributed by atoms with Gasteiger partial charge in [-0.05, 0) is 24.1 Å². The maximum Gasteiger partial charge on any atom is 0.139 e. The third kappa shape index (κ3) is 2.02. The zero-order valence-electron chi connectivity index (χ0n) is 7.34. The summed E-state index contributed by atoms with van der Waals surface area (Å²) in [6.07, 6.45) is 0.380. The minimum atomic E-state index is -0.359. The molecule has 0 aliphatic rings. The van der Waals surface area contributed by atoms with Crippen LogP contribution in [0, 0.1) is 0 Å². The zero-order chi connectivity index (χ0) is 9.14. The third-order valence-corrected chi connectivity index (χ3v) is 2.21. The first kappa shape index (κ1) is 9.62. The predicted molar refractivity (Wildman–Crippen MR) is 54.9 cm³/mol. The Kier molecular flexibility index (Phi) is 3.18. The van der Waals surface area contributed by atoms with Crippen molar-refractivity contribution >= 4 is 24.9 Å². The molecule has 0 aliphatic heterocycles. The molecule has 0 amide bonds. The second-order valence-electron chi connectivity index (χ2n) is 2.92. The Morgan fingerprint density at radius 2 is 2.25 bits per heavy atom. The molecule has 64 valence electrons. The minimum absolute atomic E-state index is 0.359. The highest BCUT2D eigenvalue weighted by Crippen LogP contribution is 2.16. The molecule has 3 heteroatoms. The summed E-state index contributed by atoms with van der Waals surface area (Å²) in [7, 11) is 1.96. The Bertz CT molecular complexity index is 275. The van der Waals surface area contributed by atoms with Gasteiger partial charge in [0.15, 0.2) is 0 Å². The Balaban J connectivity index is 3.01. The number of aliphatic hydroxyl groups excluding tert-OH is 1. The molecule has 1 aromatic rings. The lowest BCUT2D eigenvalue weighted by Crippen LogP contribution is -2.13. The summed E-state index contributed by atoms with van der Waals surface area (Å²) in [5.41, 5.74) is 2.03. The number of aliphatic hydroxyl groups is 1. The van der Waals surface area contributed by atoms with Gasteiger partial charge in [0, 0.05) is 5.02 Å². The highest BCUT2D eigenvalue weighted by molar-refractivity contribution is 6.36. The maximum absolute atomic E-state index is 9.56. The number of benzene rings is 1. The molecule has 0 fully saturated rings. The lowest BCUT2D eigenvalue weighted by molar-refractivity contribution is 0.175. The van der Waals surface area contributed by atoms with Crippen molar-refractivity contribution in [2.24, 2.45) is 0 Å². The van der Waals surface area contributed by atoms with Gasteiger partial charge in [-0.3, -0.25) is 0 Å². The fourth-order valence-electron chi connectivity index (χ4n) is 1.23. The Morgan fingerprint density at radius 3 is 2.75 bits per heavy atom. The summed E-state index contributed by atoms with van der Waals surface area (Å²) < 4.78 is 0. The van der Waals surface area contributed by atoms with Crippen LogP contribution in [-0.2, 0) is 0 Å². The van der Waals surface area contributed by atoms with Crippen molar-refractivity contribution in [1.29, 1.82) is 0 Å². The fourth-order valence-corrected chi connectivity index (χ4v) is 1.46. The Labute approximate surface area is 78.8 Å². The van der Waals surface area contributed by atoms with Gasteiger partial charge in [-0.2, -0.15) is 0 Å². The summed E-state index contributed by atoms with van der Waals surface area (Å²) >= 11 is 5.78. The van der Waals surface area contributed by atoms with Crippen LogP contribution in [0.4, 0.5) is 0 Å². The fraction of sp³-hybridized carbons (Fsp3) is 0.333. The molecule has 0 unspecified atom stereocenters. The van der Waals surface area contributed by atoms with Crippen LogP contribution in [0.5, 0.6) is 0 Å². The maximum atomic E-state index is 9.56. The molecule has 0 aliphatic carbocycles. The molecule has 1 rings (SSSR count). The van der Waals surface area contributed by atoms with Crippen LogP contribution < -0.4 is 5.46 Å². The first-order valence-corrected chi connectivity index (χ1v) is 4.47. The van der Waals surface area contributed by atoms with E-state index < -0.39 is 0 Å². The molecule has 0 saturated carbocycles. The summed E-state index contributed by atoms with van der Waals surface area (Å²) in [6, 6.07) is 5.56. The molecule has 1 N–H and O–H groups in total. The lowest BCUT2D eigenvalue weighted by atomic mass is 9.87. The molecular weight excluding hydrogens is 170 g/mol. The van der Waals surface area contributed by atoms with Gasteiger partial charge in [0.05, 0.1) is 6.10 Å². The molecule has 1 atom stereocenters. The second kappa shape index (κ2) is 3.97. The molecule has 0 radical (unpaired) electrons. The first-order valence-electron chi connectivity index (χ1n) is 4.09. The van der Waals surface area contributed by atoms with Crippen LogP contribution in [0.2, 0.25) is 5.02 Å². The summed E-state index contributed by atoms with van der Waals surface area (Å²) in [4.78, 5) is 0. The van der Waals surface area contributed by atoms with Crippen molar-refractivity contribution in [3.8, 4) is 0 Å². The molecular formula is C9H12BClO. The number of halogens is 1. The van der Waals surface area contributed by atoms with Gasteiger partial charge >= 0.3 is 0 Å². The van der Waals surface area contributed by atoms with E-state index in [9.17, 15) is 5.11 Å². The lowest BCUT2D eigenvalue weighted by Gasteiger charge is -2.11. The van der Waals surface area contributed by atoms with Gasteiger partial charge in [0.2, 0.25) is 0 Å². The largest absolute Gasteiger partial charge is 0.388 e. The van der Waals surface area contributed by atoms with Gasteiger partial charge in [-0.15, -0.1) is 0 Å². The molecule has 1 aromatic carbocycles. The van der Waals surface area contributed by atoms with Crippen molar-refractivity contribution in [2.75, 3.05) is 0 Å². The van der Waals surface area contributed by atoms with Crippen molar-refractivity contribution < 1.29 is 5.11 Å². The molecule has 0 aromatic heterocycles. The van der Waals surface area contributed by atoms with E-state index in [1.807, 2.05) is 33.0 Å². The van der Waals surface area contributed by atoms with Crippen molar-refractivity contribution in [3.05, 3.63) is 28.8 Å². The van der Waals surface area contributed by atoms with E-state index in [1.165, 1.54) is 0 Å². The standard InChI is InChI=1S/C9H12BClO/c1-2-9(12)7-4-3-6(11)5-8(7)10/h3-5,9,12H,2,10H2,1H3/t9-/m1/s1. The normalized spacial score (nSPS) is 12.9. The smallest absolute Gasteiger partial charge is 0.139 e. The van der Waals surface area contributed by atoms with Gasteiger partial charge in [-0.25, -0.2) is 0 Å². The molecule has 0 spiro atoms. The monoisotopic (exact) mass is 182 g/mol. The van der Waals surface area contributed by atoms with E-state index >= 15 is 0 Å². The van der Waals surface area contributed by atoms with Gasteiger partial charge < -0.3 is 5.11 Å². The van der Waals surface area contributed by atoms with Gasteiger partial charge in [0.1, 0.15) is 7.85 Å². The number of rotatable bonds is 2. The molecule has 12 heavy (non-hydrogen) atoms. The minimum Gasteiger partial charge on any atom is -0.388 e. The van der Waals surface area contributed by atoms with E-state index in [4.69, 9.17) is 11.6 Å². The third-order valence-electron chi connectivity index (χ3n) is 1.98. The van der Waals surface area contributed by atoms with E-state index in [0.29, 0.717) is 0 Å². The quantitative estimate of drug-likeness (QED) is 0.678. The molecule has 0 saturated heterocycles. The van der Waals surface area contributed by atoms with E-state index in [0.717, 1.165) is 22.5 Å². The van der Waals surface area contributed by atoms with E-state index in [2.05, 4.69) is 0 Å². The van der Waals surface area contributed by atoms with Crippen LogP contribution in [0.1, 0.15) is 25.0 Å². The first-order chi connectivity index (χ1) is 5.65. The van der Waals surface area contributed by atoms with Crippen LogP contribution in [0.3, 0.4) is 0 Å². The van der Waals surface area contributed by atoms with Crippen LogP contribution in [-0.4, -0.2) is 13.0 Å². The van der Waals surface area contributed by atoms with Crippen molar-refractivity contribution in [3.63, 3.8) is 0 Å². The summed E-state index contributed by atoms with van der Waals surface area (Å²) in [5.74, 6) is 0. The average Bonchev–Trinajstić information content (AvgIpc) is 2.03. The van der Waals surface area contributed by atoms with Crippen LogP contribution in [0.15, 0.2) is 18.2 Å². The predicted octanol–water partition coefficient (Wildman–Crippen LogP) is 1.04. The average molecular weight is 182 g/mol. The number of hydrogen-bond acceptors (Lipinski definition) is 1. The summed E-state index contributed by atoms with van der Waals surface area (Å²) in [6.45, 7) is 1.96. The SMILES string of the molecule is Bc1cc(Cl)ccc1[C@H](O)CC. The highest BCUT2D eigenvalue weighted by atomic mass is 35.5. The Morgan fingerprint density at radius 1 is 1.58 bits per heavy atom. The Hall–Kier alpha value is -0.465. The topological polar surface area (TPSA) is 20.2 Å². The van der Waals surface area contributed by atoms with Crippen molar-refractivity contribution in [2.45, 2.75) is 19.4 Å². The van der Waals surface area contributed by atoms with Crippen molar-refractivity contribution in [1.82, 2.24) is 0 Å². The van der Waals surface area contributed by atoms with E-state index in [1.54, 1.807) is 0 Å². The second-order valence-corrected chi connectivity index (χ2v) is 3.36.